The number of methoxy groups -OCH3 is 1. The molecule has 9 nitrogen and oxygen atoms in total. The number of esters is 2. The summed E-state index contributed by atoms with van der Waals surface area (Å²) in [6.45, 7) is 3.11. The maximum Gasteiger partial charge on any atom is 0.348 e. The molecule has 0 aliphatic heterocycles. The van der Waals surface area contributed by atoms with Gasteiger partial charge in [0, 0.05) is 22.2 Å². The molecule has 1 N–H and O–H groups in total. The summed E-state index contributed by atoms with van der Waals surface area (Å²) in [7, 11) is 1.23. The van der Waals surface area contributed by atoms with Crippen LogP contribution < -0.4 is 5.32 Å². The third-order valence-corrected chi connectivity index (χ3v) is 5.33. The lowest BCUT2D eigenvalue weighted by molar-refractivity contribution is -0.384. The van der Waals surface area contributed by atoms with Gasteiger partial charge >= 0.3 is 11.9 Å². The van der Waals surface area contributed by atoms with Gasteiger partial charge in [-0.25, -0.2) is 9.59 Å². The minimum atomic E-state index is -0.828. The summed E-state index contributed by atoms with van der Waals surface area (Å²) in [5.41, 5.74) is -0.0801. The fraction of sp³-hybridized carbons (Fsp3) is 0.389. The van der Waals surface area contributed by atoms with E-state index < -0.39 is 35.4 Å². The van der Waals surface area contributed by atoms with Gasteiger partial charge in [-0.1, -0.05) is 20.3 Å². The number of rotatable bonds is 8. The molecular formula is C18H20N2O7S. The van der Waals surface area contributed by atoms with E-state index in [1.807, 2.05) is 6.92 Å². The molecule has 0 aliphatic carbocycles. The molecule has 0 bridgehead atoms. The van der Waals surface area contributed by atoms with Gasteiger partial charge < -0.3 is 14.8 Å². The number of ether oxygens (including phenoxy) is 2. The van der Waals surface area contributed by atoms with Crippen molar-refractivity contribution >= 4 is 45.0 Å². The van der Waals surface area contributed by atoms with Crippen LogP contribution >= 0.6 is 11.3 Å². The number of carbonyl (C=O) groups is 3. The van der Waals surface area contributed by atoms with E-state index in [2.05, 4.69) is 10.1 Å². The standard InChI is InChI=1S/C18H20N2O7S/c1-4-10(2)16(18(23)26-3)19-15(21)9-27-17(22)14-8-11-7-12(20(24)25)5-6-13(11)28-14/h5-8,10,16H,4,9H2,1-3H3,(H,19,21)/t10-,16+/m1/s1. The molecular weight excluding hydrogens is 388 g/mol. The Kier molecular flexibility index (Phi) is 7.05. The summed E-state index contributed by atoms with van der Waals surface area (Å²) in [5.74, 6) is -2.07. The van der Waals surface area contributed by atoms with Gasteiger partial charge in [-0.3, -0.25) is 14.9 Å². The zero-order valence-corrected chi connectivity index (χ0v) is 16.4. The first kappa shape index (κ1) is 21.3. The van der Waals surface area contributed by atoms with Crippen LogP contribution in [0, 0.1) is 16.0 Å². The highest BCUT2D eigenvalue weighted by Crippen LogP contribution is 2.29. The van der Waals surface area contributed by atoms with Crippen molar-refractivity contribution in [3.8, 4) is 0 Å². The van der Waals surface area contributed by atoms with E-state index >= 15 is 0 Å². The Morgan fingerprint density at radius 3 is 2.61 bits per heavy atom. The Morgan fingerprint density at radius 2 is 2.00 bits per heavy atom. The second-order valence-electron chi connectivity index (χ2n) is 6.12. The van der Waals surface area contributed by atoms with Gasteiger partial charge in [0.05, 0.1) is 12.0 Å². The number of amides is 1. The van der Waals surface area contributed by atoms with Crippen LogP contribution in [0.15, 0.2) is 24.3 Å². The van der Waals surface area contributed by atoms with Crippen molar-refractivity contribution in [1.82, 2.24) is 5.32 Å². The van der Waals surface area contributed by atoms with Gasteiger partial charge in [0.25, 0.3) is 11.6 Å². The summed E-state index contributed by atoms with van der Waals surface area (Å²) in [6, 6.07) is 4.91. The molecule has 2 atom stereocenters. The van der Waals surface area contributed by atoms with Crippen LogP contribution in [0.25, 0.3) is 10.1 Å². The number of fused-ring (bicyclic) bond motifs is 1. The smallest absolute Gasteiger partial charge is 0.348 e. The zero-order valence-electron chi connectivity index (χ0n) is 15.6. The first-order chi connectivity index (χ1) is 13.3. The molecule has 1 aromatic heterocycles. The van der Waals surface area contributed by atoms with Crippen LogP contribution in [-0.4, -0.2) is 42.5 Å². The van der Waals surface area contributed by atoms with Gasteiger partial charge in [0.1, 0.15) is 10.9 Å². The number of thiophene rings is 1. The summed E-state index contributed by atoms with van der Waals surface area (Å²) in [6.07, 6.45) is 0.647. The maximum atomic E-state index is 12.2. The van der Waals surface area contributed by atoms with Gasteiger partial charge in [0.2, 0.25) is 0 Å². The topological polar surface area (TPSA) is 125 Å². The molecule has 2 rings (SSSR count). The Balaban J connectivity index is 2.00. The number of hydrogen-bond donors (Lipinski definition) is 1. The SMILES string of the molecule is CC[C@@H](C)[C@H](NC(=O)COC(=O)c1cc2cc([N+](=O)[O-])ccc2s1)C(=O)OC. The molecule has 0 spiro atoms. The molecule has 0 saturated heterocycles. The highest BCUT2D eigenvalue weighted by molar-refractivity contribution is 7.20. The molecule has 2 aromatic rings. The number of hydrogen-bond acceptors (Lipinski definition) is 8. The normalized spacial score (nSPS) is 12.8. The fourth-order valence-electron chi connectivity index (χ4n) is 2.46. The molecule has 10 heteroatoms. The van der Waals surface area contributed by atoms with Crippen LogP contribution in [0.5, 0.6) is 0 Å². The number of nitrogens with zero attached hydrogens (tertiary/aromatic N) is 1. The Hall–Kier alpha value is -3.01. The van der Waals surface area contributed by atoms with Crippen molar-refractivity contribution in [2.75, 3.05) is 13.7 Å². The monoisotopic (exact) mass is 408 g/mol. The van der Waals surface area contributed by atoms with Gasteiger partial charge in [-0.15, -0.1) is 11.3 Å². The van der Waals surface area contributed by atoms with Gasteiger partial charge in [-0.05, 0) is 18.1 Å². The minimum absolute atomic E-state index is 0.0801. The first-order valence-corrected chi connectivity index (χ1v) is 9.30. The minimum Gasteiger partial charge on any atom is -0.467 e. The van der Waals surface area contributed by atoms with Crippen LogP contribution in [0.1, 0.15) is 29.9 Å². The van der Waals surface area contributed by atoms with E-state index in [-0.39, 0.29) is 16.5 Å². The van der Waals surface area contributed by atoms with E-state index in [1.54, 1.807) is 13.0 Å². The number of nitro benzene ring substituents is 1. The summed E-state index contributed by atoms with van der Waals surface area (Å²) in [4.78, 5) is 46.6. The zero-order chi connectivity index (χ0) is 20.8. The summed E-state index contributed by atoms with van der Waals surface area (Å²) >= 11 is 1.11. The van der Waals surface area contributed by atoms with Crippen LogP contribution in [0.3, 0.4) is 0 Å². The molecule has 1 amide bonds. The molecule has 0 fully saturated rings. The third-order valence-electron chi connectivity index (χ3n) is 4.23. The average Bonchev–Trinajstić information content (AvgIpc) is 3.12. The molecule has 28 heavy (non-hydrogen) atoms. The number of nitro groups is 1. The maximum absolute atomic E-state index is 12.2. The Labute approximate surface area is 164 Å². The number of nitrogens with one attached hydrogen (secondary N) is 1. The van der Waals surface area contributed by atoms with Crippen molar-refractivity contribution in [1.29, 1.82) is 0 Å². The predicted octanol–water partition coefficient (Wildman–Crippen LogP) is 2.67. The second kappa shape index (κ2) is 9.27. The molecule has 0 radical (unpaired) electrons. The highest BCUT2D eigenvalue weighted by Gasteiger charge is 2.27. The van der Waals surface area contributed by atoms with E-state index in [1.165, 1.54) is 25.3 Å². The van der Waals surface area contributed by atoms with Crippen molar-refractivity contribution in [3.05, 3.63) is 39.3 Å². The lowest BCUT2D eigenvalue weighted by Crippen LogP contribution is -2.47. The molecule has 1 aromatic carbocycles. The predicted molar refractivity (Wildman–Crippen MR) is 102 cm³/mol. The van der Waals surface area contributed by atoms with Gasteiger partial charge in [0.15, 0.2) is 6.61 Å². The molecule has 150 valence electrons. The van der Waals surface area contributed by atoms with Crippen LogP contribution in [-0.2, 0) is 19.1 Å². The van der Waals surface area contributed by atoms with Crippen molar-refractivity contribution < 1.29 is 28.8 Å². The van der Waals surface area contributed by atoms with Crippen LogP contribution in [0.4, 0.5) is 5.69 Å². The van der Waals surface area contributed by atoms with E-state index in [0.717, 1.165) is 11.3 Å². The Morgan fingerprint density at radius 1 is 1.29 bits per heavy atom. The van der Waals surface area contributed by atoms with Gasteiger partial charge in [-0.2, -0.15) is 0 Å². The highest BCUT2D eigenvalue weighted by atomic mass is 32.1. The summed E-state index contributed by atoms with van der Waals surface area (Å²) in [5, 5.41) is 13.9. The third kappa shape index (κ3) is 5.03. The van der Waals surface area contributed by atoms with E-state index in [9.17, 15) is 24.5 Å². The quantitative estimate of drug-likeness (QED) is 0.404. The molecule has 0 saturated carbocycles. The summed E-state index contributed by atoms with van der Waals surface area (Å²) < 4.78 is 10.4. The van der Waals surface area contributed by atoms with Crippen molar-refractivity contribution in [3.63, 3.8) is 0 Å². The van der Waals surface area contributed by atoms with Crippen molar-refractivity contribution in [2.45, 2.75) is 26.3 Å². The van der Waals surface area contributed by atoms with E-state index in [0.29, 0.717) is 16.5 Å². The second-order valence-corrected chi connectivity index (χ2v) is 7.20. The van der Waals surface area contributed by atoms with Crippen molar-refractivity contribution in [2.24, 2.45) is 5.92 Å². The fourth-order valence-corrected chi connectivity index (χ4v) is 3.40. The lowest BCUT2D eigenvalue weighted by atomic mass is 9.99. The van der Waals surface area contributed by atoms with Crippen LogP contribution in [0.2, 0.25) is 0 Å². The number of benzene rings is 1. The average molecular weight is 408 g/mol. The molecule has 1 heterocycles. The first-order valence-electron chi connectivity index (χ1n) is 8.49. The molecule has 0 unspecified atom stereocenters. The number of non-ortho nitro benzene ring substituents is 1. The van der Waals surface area contributed by atoms with E-state index in [4.69, 9.17) is 4.74 Å². The number of carbonyl (C=O) groups excluding carboxylic acids is 3. The largest absolute Gasteiger partial charge is 0.467 e. The molecule has 0 aliphatic rings. The Bertz CT molecular complexity index is 908. The lowest BCUT2D eigenvalue weighted by Gasteiger charge is -2.21.